The molecule has 1 aromatic heterocycles. The second-order valence-corrected chi connectivity index (χ2v) is 5.88. The Bertz CT molecular complexity index is 710. The van der Waals surface area contributed by atoms with Gasteiger partial charge in [0.05, 0.1) is 31.1 Å². The van der Waals surface area contributed by atoms with Crippen molar-refractivity contribution in [1.29, 1.82) is 0 Å². The Morgan fingerprint density at radius 2 is 1.75 bits per heavy atom. The third kappa shape index (κ3) is 3.75. The largest absolute Gasteiger partial charge is 0.328 e. The van der Waals surface area contributed by atoms with E-state index in [1.165, 1.54) is 17.0 Å². The van der Waals surface area contributed by atoms with Crippen LogP contribution in [0.15, 0.2) is 48.8 Å². The van der Waals surface area contributed by atoms with Crippen LogP contribution in [0.1, 0.15) is 15.9 Å². The van der Waals surface area contributed by atoms with Crippen molar-refractivity contribution in [2.45, 2.75) is 6.54 Å². The van der Waals surface area contributed by atoms with Crippen LogP contribution in [0.3, 0.4) is 0 Å². The predicted octanol–water partition coefficient (Wildman–Crippen LogP) is 0.531. The quantitative estimate of drug-likeness (QED) is 0.656. The van der Waals surface area contributed by atoms with E-state index in [9.17, 15) is 14.9 Å². The van der Waals surface area contributed by atoms with Crippen LogP contribution in [0.25, 0.3) is 0 Å². The Morgan fingerprint density at radius 1 is 1.12 bits per heavy atom. The number of carbonyl (C=O) groups excluding carboxylic acids is 1. The molecule has 2 heterocycles. The molecule has 3 rings (SSSR count). The van der Waals surface area contributed by atoms with Gasteiger partial charge in [-0.15, -0.1) is 0 Å². The van der Waals surface area contributed by atoms with Crippen molar-refractivity contribution >= 4 is 11.6 Å². The van der Waals surface area contributed by atoms with Crippen LogP contribution in [-0.4, -0.2) is 46.9 Å². The molecule has 1 saturated heterocycles. The lowest BCUT2D eigenvalue weighted by atomic mass is 10.1. The smallest absolute Gasteiger partial charge is 0.269 e. The predicted molar refractivity (Wildman–Crippen MR) is 87.6 cm³/mol. The van der Waals surface area contributed by atoms with Gasteiger partial charge in [0.25, 0.3) is 11.6 Å². The SMILES string of the molecule is O=C(c1ccncc1)N1CC[NH+](Cc2ccc([N+](=O)[O-])cc2)CC1. The first kappa shape index (κ1) is 16.1. The van der Waals surface area contributed by atoms with E-state index in [4.69, 9.17) is 0 Å². The molecule has 7 heteroatoms. The zero-order valence-corrected chi connectivity index (χ0v) is 13.2. The molecule has 0 saturated carbocycles. The standard InChI is InChI=1S/C17H18N4O3/c22-17(15-5-7-18-8-6-15)20-11-9-19(10-12-20)13-14-1-3-16(4-2-14)21(23)24/h1-8H,9-13H2/p+1. The minimum Gasteiger partial charge on any atom is -0.328 e. The third-order valence-electron chi connectivity index (χ3n) is 4.29. The van der Waals surface area contributed by atoms with Crippen LogP contribution in [0.5, 0.6) is 0 Å². The zero-order valence-electron chi connectivity index (χ0n) is 13.2. The van der Waals surface area contributed by atoms with Crippen LogP contribution >= 0.6 is 0 Å². The maximum atomic E-state index is 12.4. The Morgan fingerprint density at radius 3 is 2.33 bits per heavy atom. The molecule has 1 aliphatic heterocycles. The summed E-state index contributed by atoms with van der Waals surface area (Å²) < 4.78 is 0. The van der Waals surface area contributed by atoms with E-state index in [1.807, 2.05) is 4.90 Å². The van der Waals surface area contributed by atoms with Gasteiger partial charge in [0.2, 0.25) is 0 Å². The topological polar surface area (TPSA) is 80.8 Å². The van der Waals surface area contributed by atoms with Gasteiger partial charge in [-0.3, -0.25) is 19.9 Å². The number of quaternary nitrogens is 1. The van der Waals surface area contributed by atoms with Crippen LogP contribution in [0.4, 0.5) is 5.69 Å². The lowest BCUT2D eigenvalue weighted by Crippen LogP contribution is -3.13. The second kappa shape index (κ2) is 7.18. The van der Waals surface area contributed by atoms with Gasteiger partial charge in [-0.1, -0.05) is 0 Å². The summed E-state index contributed by atoms with van der Waals surface area (Å²) >= 11 is 0. The Kier molecular flexibility index (Phi) is 4.81. The number of hydrogen-bond donors (Lipinski definition) is 1. The minimum absolute atomic E-state index is 0.0479. The molecular formula is C17H19N4O3+. The van der Waals surface area contributed by atoms with Gasteiger partial charge in [-0.05, 0) is 24.3 Å². The van der Waals surface area contributed by atoms with E-state index in [0.717, 1.165) is 25.2 Å². The van der Waals surface area contributed by atoms with Crippen molar-refractivity contribution in [2.24, 2.45) is 0 Å². The molecule has 0 bridgehead atoms. The van der Waals surface area contributed by atoms with Crippen molar-refractivity contribution in [3.8, 4) is 0 Å². The van der Waals surface area contributed by atoms with Crippen LogP contribution in [0.2, 0.25) is 0 Å². The fourth-order valence-electron chi connectivity index (χ4n) is 2.90. The first-order chi connectivity index (χ1) is 11.6. The highest BCUT2D eigenvalue weighted by Gasteiger charge is 2.24. The molecule has 2 aromatic rings. The number of aromatic nitrogens is 1. The monoisotopic (exact) mass is 327 g/mol. The molecule has 1 N–H and O–H groups in total. The van der Waals surface area contributed by atoms with Crippen molar-refractivity contribution in [2.75, 3.05) is 26.2 Å². The van der Waals surface area contributed by atoms with Crippen LogP contribution < -0.4 is 4.90 Å². The molecule has 7 nitrogen and oxygen atoms in total. The average molecular weight is 327 g/mol. The summed E-state index contributed by atoms with van der Waals surface area (Å²) in [6, 6.07) is 10.2. The highest BCUT2D eigenvalue weighted by Crippen LogP contribution is 2.11. The van der Waals surface area contributed by atoms with E-state index in [1.54, 1.807) is 36.7 Å². The Balaban J connectivity index is 1.53. The van der Waals surface area contributed by atoms with Crippen molar-refractivity contribution < 1.29 is 14.6 Å². The third-order valence-corrected chi connectivity index (χ3v) is 4.29. The molecule has 1 amide bonds. The summed E-state index contributed by atoms with van der Waals surface area (Å²) in [6.07, 6.45) is 3.26. The summed E-state index contributed by atoms with van der Waals surface area (Å²) in [4.78, 5) is 29.9. The summed E-state index contributed by atoms with van der Waals surface area (Å²) in [5.41, 5.74) is 1.86. The molecule has 0 spiro atoms. The average Bonchev–Trinajstić information content (AvgIpc) is 2.63. The van der Waals surface area contributed by atoms with Gasteiger partial charge >= 0.3 is 0 Å². The Hall–Kier alpha value is -2.80. The number of amides is 1. The van der Waals surface area contributed by atoms with Gasteiger partial charge in [-0.25, -0.2) is 0 Å². The number of rotatable bonds is 4. The number of piperazine rings is 1. The minimum atomic E-state index is -0.389. The van der Waals surface area contributed by atoms with Gasteiger partial charge in [0.15, 0.2) is 0 Å². The summed E-state index contributed by atoms with van der Waals surface area (Å²) in [7, 11) is 0. The maximum Gasteiger partial charge on any atom is 0.269 e. The van der Waals surface area contributed by atoms with Crippen LogP contribution in [0, 0.1) is 10.1 Å². The molecular weight excluding hydrogens is 308 g/mol. The lowest BCUT2D eigenvalue weighted by molar-refractivity contribution is -0.917. The molecule has 0 atom stereocenters. The first-order valence-corrected chi connectivity index (χ1v) is 7.89. The number of benzene rings is 1. The van der Waals surface area contributed by atoms with Crippen molar-refractivity contribution in [3.05, 3.63) is 70.0 Å². The summed E-state index contributed by atoms with van der Waals surface area (Å²) in [6.45, 7) is 3.98. The number of nitro groups is 1. The summed E-state index contributed by atoms with van der Waals surface area (Å²) in [5.74, 6) is 0.0479. The number of nitrogens with zero attached hydrogens (tertiary/aromatic N) is 3. The normalized spacial score (nSPS) is 15.2. The van der Waals surface area contributed by atoms with Crippen molar-refractivity contribution in [3.63, 3.8) is 0 Å². The summed E-state index contributed by atoms with van der Waals surface area (Å²) in [5, 5.41) is 10.7. The maximum absolute atomic E-state index is 12.4. The highest BCUT2D eigenvalue weighted by molar-refractivity contribution is 5.94. The molecule has 1 aromatic carbocycles. The number of pyridine rings is 1. The van der Waals surface area contributed by atoms with Gasteiger partial charge in [0.1, 0.15) is 6.54 Å². The molecule has 0 radical (unpaired) electrons. The van der Waals surface area contributed by atoms with Gasteiger partial charge < -0.3 is 9.80 Å². The Labute approximate surface area is 139 Å². The lowest BCUT2D eigenvalue weighted by Gasteiger charge is -2.32. The highest BCUT2D eigenvalue weighted by atomic mass is 16.6. The molecule has 24 heavy (non-hydrogen) atoms. The number of nitrogens with one attached hydrogen (secondary N) is 1. The fourth-order valence-corrected chi connectivity index (χ4v) is 2.90. The van der Waals surface area contributed by atoms with Crippen molar-refractivity contribution in [1.82, 2.24) is 9.88 Å². The molecule has 0 unspecified atom stereocenters. The van der Waals surface area contributed by atoms with Gasteiger partial charge in [0, 0.05) is 35.7 Å². The van der Waals surface area contributed by atoms with Crippen LogP contribution in [-0.2, 0) is 6.54 Å². The van der Waals surface area contributed by atoms with E-state index in [2.05, 4.69) is 4.98 Å². The number of carbonyl (C=O) groups is 1. The van der Waals surface area contributed by atoms with Gasteiger partial charge in [-0.2, -0.15) is 0 Å². The second-order valence-electron chi connectivity index (χ2n) is 5.88. The fraction of sp³-hybridized carbons (Fsp3) is 0.294. The molecule has 0 aliphatic carbocycles. The van der Waals surface area contributed by atoms with E-state index in [0.29, 0.717) is 18.7 Å². The molecule has 1 aliphatic rings. The molecule has 124 valence electrons. The zero-order chi connectivity index (χ0) is 16.9. The number of hydrogen-bond acceptors (Lipinski definition) is 4. The number of nitro benzene ring substituents is 1. The van der Waals surface area contributed by atoms with E-state index >= 15 is 0 Å². The van der Waals surface area contributed by atoms with E-state index in [-0.39, 0.29) is 16.5 Å². The number of non-ortho nitro benzene ring substituents is 1. The van der Waals surface area contributed by atoms with E-state index < -0.39 is 0 Å². The molecule has 1 fully saturated rings. The first-order valence-electron chi connectivity index (χ1n) is 7.89.